The molecule has 330 valence electrons. The summed E-state index contributed by atoms with van der Waals surface area (Å²) in [6, 6.07) is 10.2. The molecule has 4 heterocycles. The number of alkyl carbamates (subject to hydrolysis) is 1. The molecule has 0 aliphatic carbocycles. The Morgan fingerprint density at radius 2 is 1.26 bits per heavy atom. The molecule has 2 saturated heterocycles. The third kappa shape index (κ3) is 10.4. The lowest BCUT2D eigenvalue weighted by molar-refractivity contribution is -0.136. The number of hydrogen-bond acceptors (Lipinski definition) is 11. The lowest BCUT2D eigenvalue weighted by atomic mass is 9.98. The minimum absolute atomic E-state index is 0.0333. The summed E-state index contributed by atoms with van der Waals surface area (Å²) in [7, 11) is 4.55. The molecule has 2 aromatic carbocycles. The van der Waals surface area contributed by atoms with Gasteiger partial charge in [-0.15, -0.1) is 0 Å². The van der Waals surface area contributed by atoms with Crippen LogP contribution in [0.25, 0.3) is 33.6 Å². The summed E-state index contributed by atoms with van der Waals surface area (Å²) in [6.07, 6.45) is 7.00. The van der Waals surface area contributed by atoms with Gasteiger partial charge in [0.1, 0.15) is 42.4 Å². The third-order valence-corrected chi connectivity index (χ3v) is 11.8. The number of imidazole rings is 2. The number of carbonyl (C=O) groups is 3. The zero-order valence-corrected chi connectivity index (χ0v) is 36.5. The molecule has 0 unspecified atom stereocenters. The van der Waals surface area contributed by atoms with Crippen molar-refractivity contribution in [3.8, 4) is 45.1 Å². The smallest absolute Gasteiger partial charge is 0.407 e. The molecule has 2 aliphatic rings. The molecule has 5 N–H and O–H groups in total. The third-order valence-electron chi connectivity index (χ3n) is 11.8. The van der Waals surface area contributed by atoms with E-state index in [1.807, 2.05) is 69.0 Å². The second kappa shape index (κ2) is 20.9. The summed E-state index contributed by atoms with van der Waals surface area (Å²) in [5.41, 5.74) is 11.3. The Balaban J connectivity index is 1.28. The van der Waals surface area contributed by atoms with Gasteiger partial charge in [-0.3, -0.25) is 9.59 Å². The number of likely N-dealkylation sites (tertiary alicyclic amines) is 2. The highest BCUT2D eigenvalue weighted by Crippen LogP contribution is 2.42. The van der Waals surface area contributed by atoms with E-state index in [1.54, 1.807) is 31.5 Å². The van der Waals surface area contributed by atoms with Gasteiger partial charge in [-0.1, -0.05) is 46.2 Å². The molecule has 6 rings (SSSR count). The molecule has 2 aromatic heterocycles. The van der Waals surface area contributed by atoms with E-state index in [2.05, 4.69) is 15.3 Å². The van der Waals surface area contributed by atoms with Crippen molar-refractivity contribution >= 4 is 17.9 Å². The number of carbonyl (C=O) groups excluding carboxylic acids is 3. The minimum atomic E-state index is -0.727. The Labute approximate surface area is 358 Å². The highest BCUT2D eigenvalue weighted by atomic mass is 16.5. The number of aromatic amines is 2. The van der Waals surface area contributed by atoms with Crippen LogP contribution in [0.5, 0.6) is 11.5 Å². The standard InChI is InChI=1S/C45H62N8O8/c1-8-28(4)39(46)43(54)52-17-9-11-35(52)41-47-25-33(49-41)29-13-15-31(37(23-29)60-21-19-57-5)32-16-14-30(24-38(32)61-22-20-58-6)34-26-48-42(50-34)36-12-10-18-53(36)44(55)40(27(2)3)51-45(56)59-7/h13-16,23-28,35-36,39-40H,8-12,17-22,46H2,1-7H3,(H,47,49)(H,48,50)(H,51,56)/t28-,35-,36-,39-,40-/m0/s1. The number of benzene rings is 2. The van der Waals surface area contributed by atoms with E-state index < -0.39 is 18.2 Å². The van der Waals surface area contributed by atoms with E-state index in [0.29, 0.717) is 56.8 Å². The molecule has 2 fully saturated rings. The molecule has 5 atom stereocenters. The van der Waals surface area contributed by atoms with Crippen LogP contribution in [0.1, 0.15) is 83.5 Å². The van der Waals surface area contributed by atoms with Crippen LogP contribution in [-0.4, -0.2) is 121 Å². The van der Waals surface area contributed by atoms with Gasteiger partial charge in [0, 0.05) is 49.6 Å². The maximum absolute atomic E-state index is 13.7. The number of H-pyrrole nitrogens is 2. The average Bonchev–Trinajstić information content (AvgIpc) is 4.12. The van der Waals surface area contributed by atoms with Crippen LogP contribution < -0.4 is 20.5 Å². The Bertz CT molecular complexity index is 2100. The van der Waals surface area contributed by atoms with Crippen molar-refractivity contribution < 1.29 is 38.1 Å². The zero-order chi connectivity index (χ0) is 43.6. The van der Waals surface area contributed by atoms with Gasteiger partial charge in [0.25, 0.3) is 0 Å². The van der Waals surface area contributed by atoms with Gasteiger partial charge < -0.3 is 54.5 Å². The van der Waals surface area contributed by atoms with Gasteiger partial charge in [-0.2, -0.15) is 0 Å². The molecular formula is C45H62N8O8. The number of nitrogens with one attached hydrogen (secondary N) is 3. The van der Waals surface area contributed by atoms with E-state index in [4.69, 9.17) is 39.4 Å². The van der Waals surface area contributed by atoms with E-state index in [-0.39, 0.29) is 35.7 Å². The lowest BCUT2D eigenvalue weighted by Gasteiger charge is -2.30. The molecule has 0 saturated carbocycles. The summed E-state index contributed by atoms with van der Waals surface area (Å²) in [5, 5.41) is 2.70. The molecule has 2 aliphatic heterocycles. The molecule has 0 bridgehead atoms. The summed E-state index contributed by atoms with van der Waals surface area (Å²) in [6.45, 7) is 10.5. The lowest BCUT2D eigenvalue weighted by Crippen LogP contribution is -2.51. The maximum atomic E-state index is 13.7. The minimum Gasteiger partial charge on any atom is -0.491 e. The first kappa shape index (κ1) is 45.1. The monoisotopic (exact) mass is 842 g/mol. The van der Waals surface area contributed by atoms with Gasteiger partial charge in [0.15, 0.2) is 0 Å². The van der Waals surface area contributed by atoms with Crippen molar-refractivity contribution in [1.29, 1.82) is 0 Å². The van der Waals surface area contributed by atoms with Gasteiger partial charge >= 0.3 is 6.09 Å². The Morgan fingerprint density at radius 3 is 1.70 bits per heavy atom. The Kier molecular flexibility index (Phi) is 15.4. The van der Waals surface area contributed by atoms with Crippen molar-refractivity contribution in [3.63, 3.8) is 0 Å². The number of methoxy groups -OCH3 is 3. The first-order valence-corrected chi connectivity index (χ1v) is 21.3. The van der Waals surface area contributed by atoms with Crippen LogP contribution in [0.15, 0.2) is 48.8 Å². The number of amides is 3. The highest BCUT2D eigenvalue weighted by molar-refractivity contribution is 5.87. The first-order chi connectivity index (χ1) is 29.5. The molecule has 0 radical (unpaired) electrons. The normalized spacial score (nSPS) is 18.0. The van der Waals surface area contributed by atoms with Gasteiger partial charge in [0.05, 0.1) is 62.2 Å². The fourth-order valence-corrected chi connectivity index (χ4v) is 8.04. The quantitative estimate of drug-likeness (QED) is 0.0777. The largest absolute Gasteiger partial charge is 0.491 e. The summed E-state index contributed by atoms with van der Waals surface area (Å²) in [4.78, 5) is 59.3. The predicted molar refractivity (Wildman–Crippen MR) is 231 cm³/mol. The fourth-order valence-electron chi connectivity index (χ4n) is 8.04. The number of nitrogens with zero attached hydrogens (tertiary/aromatic N) is 4. The average molecular weight is 843 g/mol. The molecule has 4 aromatic rings. The Hall–Kier alpha value is -5.45. The van der Waals surface area contributed by atoms with Crippen LogP contribution in [0, 0.1) is 11.8 Å². The molecular weight excluding hydrogens is 781 g/mol. The van der Waals surface area contributed by atoms with E-state index >= 15 is 0 Å². The topological polar surface area (TPSA) is 199 Å². The van der Waals surface area contributed by atoms with Crippen LogP contribution in [0.2, 0.25) is 0 Å². The maximum Gasteiger partial charge on any atom is 0.407 e. The van der Waals surface area contributed by atoms with Crippen molar-refractivity contribution in [1.82, 2.24) is 35.1 Å². The van der Waals surface area contributed by atoms with Crippen LogP contribution in [0.3, 0.4) is 0 Å². The highest BCUT2D eigenvalue weighted by Gasteiger charge is 2.38. The summed E-state index contributed by atoms with van der Waals surface area (Å²) >= 11 is 0. The first-order valence-electron chi connectivity index (χ1n) is 21.3. The predicted octanol–water partition coefficient (Wildman–Crippen LogP) is 6.27. The number of hydrogen-bond donors (Lipinski definition) is 4. The molecule has 61 heavy (non-hydrogen) atoms. The zero-order valence-electron chi connectivity index (χ0n) is 36.5. The van der Waals surface area contributed by atoms with Crippen molar-refractivity contribution in [2.45, 2.75) is 84.0 Å². The van der Waals surface area contributed by atoms with E-state index in [0.717, 1.165) is 71.6 Å². The van der Waals surface area contributed by atoms with Crippen molar-refractivity contribution in [2.75, 3.05) is 60.8 Å². The number of nitrogens with two attached hydrogens (primary N) is 1. The number of rotatable bonds is 19. The summed E-state index contributed by atoms with van der Waals surface area (Å²) < 4.78 is 28.2. The van der Waals surface area contributed by atoms with Crippen LogP contribution in [0.4, 0.5) is 4.79 Å². The van der Waals surface area contributed by atoms with Gasteiger partial charge in [-0.25, -0.2) is 14.8 Å². The van der Waals surface area contributed by atoms with E-state index in [9.17, 15) is 14.4 Å². The second-order valence-corrected chi connectivity index (χ2v) is 16.1. The molecule has 0 spiro atoms. The van der Waals surface area contributed by atoms with Crippen LogP contribution in [-0.2, 0) is 23.8 Å². The SMILES string of the molecule is CC[C@H](C)[C@H](N)C(=O)N1CCC[C@H]1c1ncc(-c2ccc(-c3ccc(-c4cnc([C@@H]5CCCN5C(=O)[C@@H](NC(=O)OC)C(C)C)[nH]4)cc3OCCOC)c(OCCOC)c2)[nH]1. The molecule has 16 nitrogen and oxygen atoms in total. The van der Waals surface area contributed by atoms with Gasteiger partial charge in [0.2, 0.25) is 11.8 Å². The molecule has 16 heteroatoms. The Morgan fingerprint density at radius 1 is 0.770 bits per heavy atom. The molecule has 3 amide bonds. The van der Waals surface area contributed by atoms with Crippen molar-refractivity contribution in [2.24, 2.45) is 17.6 Å². The number of ether oxygens (including phenoxy) is 5. The number of aromatic nitrogens is 4. The van der Waals surface area contributed by atoms with Gasteiger partial charge in [-0.05, 0) is 61.8 Å². The van der Waals surface area contributed by atoms with Crippen molar-refractivity contribution in [3.05, 3.63) is 60.4 Å². The van der Waals surface area contributed by atoms with E-state index in [1.165, 1.54) is 7.11 Å². The second-order valence-electron chi connectivity index (χ2n) is 16.1. The van der Waals surface area contributed by atoms with Crippen LogP contribution >= 0.6 is 0 Å². The summed E-state index contributed by atoms with van der Waals surface area (Å²) in [5.74, 6) is 2.39. The fraction of sp³-hybridized carbons (Fsp3) is 0.533.